The Morgan fingerprint density at radius 3 is 1.69 bits per heavy atom. The van der Waals surface area contributed by atoms with E-state index in [9.17, 15) is 14.4 Å². The highest BCUT2D eigenvalue weighted by Crippen LogP contribution is 2.61. The predicted molar refractivity (Wildman–Crippen MR) is 148 cm³/mol. The summed E-state index contributed by atoms with van der Waals surface area (Å²) < 4.78 is 5.71. The van der Waals surface area contributed by atoms with E-state index in [1.807, 2.05) is 24.3 Å². The van der Waals surface area contributed by atoms with Crippen molar-refractivity contribution in [2.75, 3.05) is 4.90 Å². The molecule has 2 atom stereocenters. The van der Waals surface area contributed by atoms with Crippen LogP contribution in [-0.2, 0) is 20.8 Å². The van der Waals surface area contributed by atoms with Gasteiger partial charge in [-0.05, 0) is 58.1 Å². The molecule has 5 nitrogen and oxygen atoms in total. The molecule has 0 saturated carbocycles. The van der Waals surface area contributed by atoms with Crippen LogP contribution in [0.25, 0.3) is 0 Å². The van der Waals surface area contributed by atoms with Crippen molar-refractivity contribution in [1.29, 1.82) is 0 Å². The number of hydrogen-bond donors (Lipinski definition) is 0. The predicted octanol–water partition coefficient (Wildman–Crippen LogP) is 6.54. The number of esters is 1. The van der Waals surface area contributed by atoms with Crippen LogP contribution >= 0.6 is 23.2 Å². The van der Waals surface area contributed by atoms with Gasteiger partial charge in [0.15, 0.2) is 5.75 Å². The number of rotatable bonds is 4. The summed E-state index contributed by atoms with van der Waals surface area (Å²) in [5.41, 5.74) is 5.27. The van der Waals surface area contributed by atoms with Gasteiger partial charge in [-0.1, -0.05) is 83.9 Å². The second-order valence-corrected chi connectivity index (χ2v) is 11.0. The number of carbonyl (C=O) groups excluding carboxylic acids is 3. The molecule has 39 heavy (non-hydrogen) atoms. The van der Waals surface area contributed by atoms with Gasteiger partial charge in [0.2, 0.25) is 11.8 Å². The largest absolute Gasteiger partial charge is 0.424 e. The lowest BCUT2D eigenvalue weighted by atomic mass is 9.55. The Labute approximate surface area is 234 Å². The number of hydrogen-bond acceptors (Lipinski definition) is 4. The first-order chi connectivity index (χ1) is 18.9. The smallest absolute Gasteiger partial charge is 0.315 e. The van der Waals surface area contributed by atoms with Gasteiger partial charge in [-0.15, -0.1) is 0 Å². The van der Waals surface area contributed by atoms with Crippen LogP contribution in [0, 0.1) is 11.8 Å². The van der Waals surface area contributed by atoms with Gasteiger partial charge >= 0.3 is 5.97 Å². The molecule has 1 saturated heterocycles. The van der Waals surface area contributed by atoms with E-state index >= 15 is 0 Å². The third-order valence-corrected chi connectivity index (χ3v) is 8.58. The molecule has 1 heterocycles. The van der Waals surface area contributed by atoms with Crippen molar-refractivity contribution >= 4 is 46.7 Å². The van der Waals surface area contributed by atoms with Crippen molar-refractivity contribution < 1.29 is 19.1 Å². The third-order valence-electron chi connectivity index (χ3n) is 8.10. The van der Waals surface area contributed by atoms with E-state index in [0.717, 1.165) is 27.8 Å². The lowest BCUT2D eigenvalue weighted by Crippen LogP contribution is -2.41. The summed E-state index contributed by atoms with van der Waals surface area (Å²) >= 11 is 12.3. The SMILES string of the molecule is O=C(Cc1ccc(Cl)cc1)Oc1ccc(Cl)cc1N1C(=O)C2C3c4ccccc4C(c4ccccc43)C2C1=O. The highest BCUT2D eigenvalue weighted by molar-refractivity contribution is 6.32. The number of imide groups is 1. The van der Waals surface area contributed by atoms with E-state index in [2.05, 4.69) is 24.3 Å². The molecule has 2 amide bonds. The van der Waals surface area contributed by atoms with Gasteiger partial charge in [0.1, 0.15) is 0 Å². The molecule has 4 aliphatic rings. The molecule has 1 aliphatic heterocycles. The quantitative estimate of drug-likeness (QED) is 0.163. The summed E-state index contributed by atoms with van der Waals surface area (Å²) in [5, 5.41) is 0.894. The summed E-state index contributed by atoms with van der Waals surface area (Å²) in [6, 6.07) is 27.6. The van der Waals surface area contributed by atoms with Crippen LogP contribution in [0.4, 0.5) is 5.69 Å². The molecule has 7 heteroatoms. The van der Waals surface area contributed by atoms with Gasteiger partial charge in [-0.25, -0.2) is 4.90 Å². The zero-order valence-electron chi connectivity index (χ0n) is 20.5. The summed E-state index contributed by atoms with van der Waals surface area (Å²) in [5.74, 6) is -2.60. The summed E-state index contributed by atoms with van der Waals surface area (Å²) in [6.45, 7) is 0. The number of amides is 2. The minimum Gasteiger partial charge on any atom is -0.424 e. The average Bonchev–Trinajstić information content (AvgIpc) is 3.21. The minimum absolute atomic E-state index is 0.00114. The molecule has 0 radical (unpaired) electrons. The number of carbonyl (C=O) groups is 3. The summed E-state index contributed by atoms with van der Waals surface area (Å²) in [7, 11) is 0. The van der Waals surface area contributed by atoms with Crippen LogP contribution in [0.15, 0.2) is 91.0 Å². The molecular formula is C32H21Cl2NO4. The maximum atomic E-state index is 14.1. The highest BCUT2D eigenvalue weighted by atomic mass is 35.5. The normalized spacial score (nSPS) is 22.4. The molecule has 2 unspecified atom stereocenters. The van der Waals surface area contributed by atoms with Crippen LogP contribution in [0.5, 0.6) is 5.75 Å². The molecule has 1 fully saturated rings. The molecule has 4 aromatic carbocycles. The Hall–Kier alpha value is -3.93. The monoisotopic (exact) mass is 553 g/mol. The molecule has 0 spiro atoms. The van der Waals surface area contributed by atoms with Crippen molar-refractivity contribution in [3.05, 3.63) is 129 Å². The Balaban J connectivity index is 1.27. The van der Waals surface area contributed by atoms with Gasteiger partial charge < -0.3 is 4.74 Å². The van der Waals surface area contributed by atoms with Crippen LogP contribution in [0.1, 0.15) is 39.7 Å². The zero-order chi connectivity index (χ0) is 26.8. The van der Waals surface area contributed by atoms with E-state index in [4.69, 9.17) is 27.9 Å². The van der Waals surface area contributed by atoms with Gasteiger partial charge in [-0.2, -0.15) is 0 Å². The van der Waals surface area contributed by atoms with Crippen molar-refractivity contribution in [3.63, 3.8) is 0 Å². The Bertz CT molecular complexity index is 1570. The molecule has 3 aliphatic carbocycles. The molecule has 0 N–H and O–H groups in total. The Morgan fingerprint density at radius 1 is 0.692 bits per heavy atom. The van der Waals surface area contributed by atoms with E-state index in [0.29, 0.717) is 10.0 Å². The van der Waals surface area contributed by atoms with E-state index in [-0.39, 0.29) is 41.5 Å². The molecule has 8 rings (SSSR count). The van der Waals surface area contributed by atoms with Crippen LogP contribution in [0.2, 0.25) is 10.0 Å². The standard InChI is InChI=1S/C32H21Cl2NO4/c33-18-11-9-17(10-12-18)15-26(36)39-25-14-13-19(34)16-24(25)35-31(37)29-27-20-5-1-2-6-21(20)28(30(29)32(35)38)23-8-4-3-7-22(23)27/h1-14,16,27-30H,15H2. The third kappa shape index (κ3) is 3.72. The maximum Gasteiger partial charge on any atom is 0.315 e. The van der Waals surface area contributed by atoms with E-state index in [1.165, 1.54) is 17.0 Å². The highest BCUT2D eigenvalue weighted by Gasteiger charge is 2.62. The van der Waals surface area contributed by atoms with Crippen LogP contribution < -0.4 is 9.64 Å². The minimum atomic E-state index is -0.552. The zero-order valence-corrected chi connectivity index (χ0v) is 22.0. The molecule has 0 aromatic heterocycles. The van der Waals surface area contributed by atoms with E-state index in [1.54, 1.807) is 30.3 Å². The number of anilines is 1. The fourth-order valence-electron chi connectivity index (χ4n) is 6.59. The van der Waals surface area contributed by atoms with Crippen molar-refractivity contribution in [1.82, 2.24) is 0 Å². The number of nitrogens with zero attached hydrogens (tertiary/aromatic N) is 1. The first-order valence-corrected chi connectivity index (χ1v) is 13.5. The van der Waals surface area contributed by atoms with Crippen LogP contribution in [-0.4, -0.2) is 17.8 Å². The number of benzene rings is 4. The summed E-state index contributed by atoms with van der Waals surface area (Å²) in [4.78, 5) is 42.3. The number of halogens is 2. The topological polar surface area (TPSA) is 63.7 Å². The van der Waals surface area contributed by atoms with Gasteiger partial charge in [0, 0.05) is 21.9 Å². The molecule has 2 bridgehead atoms. The molecule has 4 aromatic rings. The molecule has 192 valence electrons. The van der Waals surface area contributed by atoms with E-state index < -0.39 is 17.8 Å². The second-order valence-electron chi connectivity index (χ2n) is 10.2. The molecular weight excluding hydrogens is 533 g/mol. The lowest BCUT2D eigenvalue weighted by Gasteiger charge is -2.45. The van der Waals surface area contributed by atoms with Crippen LogP contribution in [0.3, 0.4) is 0 Å². The Kier molecular flexibility index (Phi) is 5.62. The van der Waals surface area contributed by atoms with Crippen molar-refractivity contribution in [2.45, 2.75) is 18.3 Å². The maximum absolute atomic E-state index is 14.1. The fourth-order valence-corrected chi connectivity index (χ4v) is 6.89. The van der Waals surface area contributed by atoms with Gasteiger partial charge in [0.05, 0.1) is 23.9 Å². The average molecular weight is 554 g/mol. The first-order valence-electron chi connectivity index (χ1n) is 12.7. The van der Waals surface area contributed by atoms with Crippen molar-refractivity contribution in [3.8, 4) is 5.75 Å². The first kappa shape index (κ1) is 24.1. The van der Waals surface area contributed by atoms with Gasteiger partial charge in [0.25, 0.3) is 0 Å². The second kappa shape index (κ2) is 9.08. The van der Waals surface area contributed by atoms with Crippen molar-refractivity contribution in [2.24, 2.45) is 11.8 Å². The summed E-state index contributed by atoms with van der Waals surface area (Å²) in [6.07, 6.45) is 0.00114. The lowest BCUT2D eigenvalue weighted by molar-refractivity contribution is -0.134. The fraction of sp³-hybridized carbons (Fsp3) is 0.156. The number of ether oxygens (including phenoxy) is 1. The Morgan fingerprint density at radius 2 is 1.18 bits per heavy atom. The van der Waals surface area contributed by atoms with Gasteiger partial charge in [-0.3, -0.25) is 14.4 Å².